The summed E-state index contributed by atoms with van der Waals surface area (Å²) < 4.78 is -1.74. The molecule has 0 N–H and O–H groups in total. The molecule has 0 unspecified atom stereocenters. The number of halogens is 3. The molecule has 0 aromatic rings. The summed E-state index contributed by atoms with van der Waals surface area (Å²) in [4.78, 5) is 7.75. The molecule has 9 heavy (non-hydrogen) atoms. The number of nitriles is 1. The van der Waals surface area contributed by atoms with Gasteiger partial charge in [0.05, 0.1) is 0 Å². The number of rotatable bonds is 0. The van der Waals surface area contributed by atoms with Gasteiger partial charge in [0.15, 0.2) is 0 Å². The molecule has 0 spiro atoms. The summed E-state index contributed by atoms with van der Waals surface area (Å²) in [5.41, 5.74) is 0. The molecule has 2 nitrogen and oxygen atoms in total. The van der Waals surface area contributed by atoms with E-state index in [-0.39, 0.29) is 21.1 Å². The second-order valence-corrected chi connectivity index (χ2v) is 2.89. The molecule has 0 aliphatic rings. The van der Waals surface area contributed by atoms with Gasteiger partial charge in [-0.15, -0.1) is 0 Å². The van der Waals surface area contributed by atoms with Crippen LogP contribution in [0.15, 0.2) is 0 Å². The summed E-state index contributed by atoms with van der Waals surface area (Å²) in [6.07, 6.45) is 0. The fourth-order valence-electron chi connectivity index (χ4n) is 0. The van der Waals surface area contributed by atoms with Crippen molar-refractivity contribution in [3.63, 3.8) is 0 Å². The van der Waals surface area contributed by atoms with Crippen LogP contribution in [0, 0.1) is 11.3 Å². The Hall–Kier alpha value is 0.718. The molecule has 0 saturated carbocycles. The predicted octanol–water partition coefficient (Wildman–Crippen LogP) is 1.60. The summed E-state index contributed by atoms with van der Waals surface area (Å²) >= 11 is 14.7. The molecule has 0 radical (unpaired) electrons. The average Bonchev–Trinajstić information content (AvgIpc) is 1.71. The molecule has 0 rings (SSSR count). The van der Waals surface area contributed by atoms with Gasteiger partial charge in [0, 0.05) is 21.1 Å². The molecule has 52 valence electrons. The van der Waals surface area contributed by atoms with Crippen molar-refractivity contribution in [1.29, 1.82) is 5.26 Å². The Labute approximate surface area is 82.3 Å². The van der Waals surface area contributed by atoms with Crippen molar-refractivity contribution in [3.8, 4) is 6.07 Å². The fourth-order valence-corrected chi connectivity index (χ4v) is 0. The van der Waals surface area contributed by atoms with Crippen molar-refractivity contribution in [1.82, 2.24) is 0 Å². The zero-order valence-corrected chi connectivity index (χ0v) is 9.18. The Bertz CT molecular complexity index is 96.2. The standard InChI is InChI=1S/C2Cl3N.CHO.W/c3-2(4,5)1-6;1-2;/h;1H;/q;-1;. The van der Waals surface area contributed by atoms with Gasteiger partial charge in [-0.2, -0.15) is 5.26 Å². The third-order valence-electron chi connectivity index (χ3n) is 0.127. The predicted molar refractivity (Wildman–Crippen MR) is 32.7 cm³/mol. The molecular weight excluding hydrogens is 356 g/mol. The molecule has 0 aromatic heterocycles. The first-order chi connectivity index (χ1) is 3.56. The zero-order valence-electron chi connectivity index (χ0n) is 3.97. The van der Waals surface area contributed by atoms with Gasteiger partial charge >= 0.3 is 0 Å². The minimum atomic E-state index is -1.74. The molecule has 0 fully saturated rings. The maximum Gasteiger partial charge on any atom is 0.277 e. The number of carbonyl (C=O) groups excluding carboxylic acids is 1. The summed E-state index contributed by atoms with van der Waals surface area (Å²) in [5.74, 6) is 0. The minimum absolute atomic E-state index is 0. The van der Waals surface area contributed by atoms with Crippen LogP contribution in [0.3, 0.4) is 0 Å². The first kappa shape index (κ1) is 16.4. The second kappa shape index (κ2) is 8.72. The van der Waals surface area contributed by atoms with Crippen LogP contribution >= 0.6 is 34.8 Å². The van der Waals surface area contributed by atoms with Crippen molar-refractivity contribution in [3.05, 3.63) is 0 Å². The van der Waals surface area contributed by atoms with E-state index in [1.165, 1.54) is 6.07 Å². The minimum Gasteiger partial charge on any atom is -0.545 e. The third kappa shape index (κ3) is 28.5. The largest absolute Gasteiger partial charge is 0.545 e. The maximum absolute atomic E-state index is 7.76. The van der Waals surface area contributed by atoms with Crippen molar-refractivity contribution in [2.24, 2.45) is 0 Å². The maximum atomic E-state index is 7.76. The molecule has 0 bridgehead atoms. The van der Waals surface area contributed by atoms with E-state index in [1.807, 2.05) is 0 Å². The molecule has 0 heterocycles. The first-order valence-electron chi connectivity index (χ1n) is 1.28. The number of alkyl halides is 3. The Morgan fingerprint density at radius 1 is 1.33 bits per heavy atom. The normalized spacial score (nSPS) is 7.33. The van der Waals surface area contributed by atoms with Gasteiger partial charge in [-0.1, -0.05) is 34.8 Å². The Morgan fingerprint density at radius 3 is 1.44 bits per heavy atom. The molecule has 0 amide bonds. The van der Waals surface area contributed by atoms with Crippen LogP contribution in [0.5, 0.6) is 0 Å². The average molecular weight is 357 g/mol. The zero-order chi connectivity index (χ0) is 7.21. The van der Waals surface area contributed by atoms with E-state index in [1.54, 1.807) is 0 Å². The van der Waals surface area contributed by atoms with Crippen molar-refractivity contribution in [2.75, 3.05) is 0 Å². The summed E-state index contributed by atoms with van der Waals surface area (Å²) in [6.45, 7) is 3.25. The second-order valence-electron chi connectivity index (χ2n) is 0.610. The summed E-state index contributed by atoms with van der Waals surface area (Å²) in [7, 11) is 0. The van der Waals surface area contributed by atoms with E-state index in [2.05, 4.69) is 6.79 Å². The van der Waals surface area contributed by atoms with Gasteiger partial charge in [-0.3, -0.25) is 6.79 Å². The van der Waals surface area contributed by atoms with Gasteiger partial charge in [0.1, 0.15) is 6.07 Å². The molecule has 0 aliphatic heterocycles. The monoisotopic (exact) mass is 356 g/mol. The van der Waals surface area contributed by atoms with Gasteiger partial charge in [-0.25, -0.2) is 0 Å². The molecule has 0 saturated heterocycles. The van der Waals surface area contributed by atoms with Gasteiger partial charge < -0.3 is 4.79 Å². The molecular formula is C3HCl3NOW-. The Kier molecular flexibility index (Phi) is 15.9. The van der Waals surface area contributed by atoms with E-state index in [0.717, 1.165) is 0 Å². The third-order valence-corrected chi connectivity index (χ3v) is 0.380. The van der Waals surface area contributed by atoms with Crippen LogP contribution in [0.4, 0.5) is 0 Å². The van der Waals surface area contributed by atoms with Crippen molar-refractivity contribution in [2.45, 2.75) is 3.79 Å². The molecule has 0 aliphatic carbocycles. The fraction of sp³-hybridized carbons (Fsp3) is 0.333. The van der Waals surface area contributed by atoms with Crippen molar-refractivity contribution >= 4 is 41.6 Å². The van der Waals surface area contributed by atoms with E-state index < -0.39 is 3.79 Å². The van der Waals surface area contributed by atoms with Gasteiger partial charge in [-0.05, 0) is 0 Å². The summed E-state index contributed by atoms with van der Waals surface area (Å²) in [6, 6.07) is 1.40. The summed E-state index contributed by atoms with van der Waals surface area (Å²) in [5, 5.41) is 7.76. The van der Waals surface area contributed by atoms with Crippen LogP contribution in [0.25, 0.3) is 0 Å². The number of nitrogens with zero attached hydrogens (tertiary/aromatic N) is 1. The molecule has 0 atom stereocenters. The van der Waals surface area contributed by atoms with Crippen LogP contribution in [0.1, 0.15) is 0 Å². The Morgan fingerprint density at radius 2 is 1.44 bits per heavy atom. The number of hydrogen-bond acceptors (Lipinski definition) is 2. The first-order valence-corrected chi connectivity index (χ1v) is 2.41. The van der Waals surface area contributed by atoms with E-state index in [9.17, 15) is 0 Å². The SMILES string of the molecule is N#CC(Cl)(Cl)Cl.[CH-]=O.[W]. The van der Waals surface area contributed by atoms with E-state index in [0.29, 0.717) is 0 Å². The number of hydrogen-bond donors (Lipinski definition) is 0. The molecule has 6 heteroatoms. The Balaban J connectivity index is -0.000000109. The quantitative estimate of drug-likeness (QED) is 0.376. The molecule has 0 aromatic carbocycles. The van der Waals surface area contributed by atoms with Crippen LogP contribution in [-0.4, -0.2) is 10.6 Å². The van der Waals surface area contributed by atoms with E-state index in [4.69, 9.17) is 44.9 Å². The van der Waals surface area contributed by atoms with Gasteiger partial charge in [0.25, 0.3) is 3.79 Å². The topological polar surface area (TPSA) is 40.9 Å². The van der Waals surface area contributed by atoms with Crippen LogP contribution in [0.2, 0.25) is 0 Å². The van der Waals surface area contributed by atoms with Gasteiger partial charge in [0.2, 0.25) is 0 Å². The van der Waals surface area contributed by atoms with Crippen LogP contribution in [-0.2, 0) is 25.9 Å². The van der Waals surface area contributed by atoms with Crippen LogP contribution < -0.4 is 0 Å². The smallest absolute Gasteiger partial charge is 0.277 e. The van der Waals surface area contributed by atoms with E-state index >= 15 is 0 Å². The van der Waals surface area contributed by atoms with Crippen molar-refractivity contribution < 1.29 is 25.9 Å².